The van der Waals surface area contributed by atoms with Gasteiger partial charge < -0.3 is 0 Å². The van der Waals surface area contributed by atoms with Gasteiger partial charge in [-0.1, -0.05) is 23.7 Å². The maximum Gasteiger partial charge on any atom is 0.252 e. The fourth-order valence-electron chi connectivity index (χ4n) is 2.15. The predicted molar refractivity (Wildman–Crippen MR) is 76.1 cm³/mol. The summed E-state index contributed by atoms with van der Waals surface area (Å²) in [5, 5.41) is 9.07. The number of hydrogen-bond acceptors (Lipinski definition) is 5. The Balaban J connectivity index is 2.06. The third-order valence-corrected chi connectivity index (χ3v) is 3.32. The van der Waals surface area contributed by atoms with E-state index in [1.165, 1.54) is 12.7 Å². The van der Waals surface area contributed by atoms with E-state index in [-0.39, 0.29) is 0 Å². The molecule has 0 atom stereocenters. The van der Waals surface area contributed by atoms with Crippen LogP contribution in [0.3, 0.4) is 0 Å². The lowest BCUT2D eigenvalue weighted by Gasteiger charge is -2.10. The minimum absolute atomic E-state index is 0.517. The van der Waals surface area contributed by atoms with E-state index in [2.05, 4.69) is 25.1 Å². The third-order valence-electron chi connectivity index (χ3n) is 3.07. The quantitative estimate of drug-likeness (QED) is 0.566. The van der Waals surface area contributed by atoms with E-state index in [4.69, 9.17) is 11.6 Å². The van der Waals surface area contributed by atoms with E-state index in [1.54, 1.807) is 21.7 Å². The number of nitrogens with zero attached hydrogens (tertiary/aromatic N) is 7. The summed E-state index contributed by atoms with van der Waals surface area (Å²) in [4.78, 5) is 12.4. The normalized spacial score (nSPS) is 11.1. The van der Waals surface area contributed by atoms with Gasteiger partial charge in [-0.3, -0.25) is 0 Å². The van der Waals surface area contributed by atoms with Crippen molar-refractivity contribution >= 4 is 17.4 Å². The molecule has 0 fully saturated rings. The second-order valence-corrected chi connectivity index (χ2v) is 4.75. The van der Waals surface area contributed by atoms with Crippen LogP contribution in [0.4, 0.5) is 0 Å². The van der Waals surface area contributed by atoms with E-state index < -0.39 is 0 Å². The first-order valence-electron chi connectivity index (χ1n) is 6.12. The van der Waals surface area contributed by atoms with Crippen molar-refractivity contribution in [1.82, 2.24) is 34.3 Å². The Hall–Kier alpha value is -2.80. The molecule has 4 aromatic rings. The van der Waals surface area contributed by atoms with Crippen molar-refractivity contribution in [3.05, 3.63) is 54.5 Å². The molecule has 0 aliphatic heterocycles. The highest BCUT2D eigenvalue weighted by Crippen LogP contribution is 2.26. The molecule has 4 rings (SSSR count). The minimum atomic E-state index is 0.517. The van der Waals surface area contributed by atoms with Gasteiger partial charge in [-0.05, 0) is 12.1 Å². The van der Waals surface area contributed by atoms with Crippen molar-refractivity contribution in [1.29, 1.82) is 0 Å². The lowest BCUT2D eigenvalue weighted by Crippen LogP contribution is -2.05. The average molecular weight is 298 g/mol. The molecule has 21 heavy (non-hydrogen) atoms. The lowest BCUT2D eigenvalue weighted by molar-refractivity contribution is 0.844. The van der Waals surface area contributed by atoms with E-state index in [0.717, 1.165) is 16.9 Å². The summed E-state index contributed by atoms with van der Waals surface area (Å²) >= 11 is 5.96. The molecule has 0 unspecified atom stereocenters. The van der Waals surface area contributed by atoms with Gasteiger partial charge in [0.05, 0.1) is 6.20 Å². The maximum absolute atomic E-state index is 5.96. The zero-order valence-electron chi connectivity index (χ0n) is 10.6. The molecule has 0 amide bonds. The first-order valence-corrected chi connectivity index (χ1v) is 6.50. The van der Waals surface area contributed by atoms with Gasteiger partial charge in [0.1, 0.15) is 30.4 Å². The molecule has 0 N–H and O–H groups in total. The Morgan fingerprint density at radius 3 is 2.57 bits per heavy atom. The van der Waals surface area contributed by atoms with Crippen LogP contribution in [0.25, 0.3) is 22.7 Å². The summed E-state index contributed by atoms with van der Waals surface area (Å²) in [6.45, 7) is 0. The van der Waals surface area contributed by atoms with Crippen LogP contribution < -0.4 is 0 Å². The van der Waals surface area contributed by atoms with Crippen molar-refractivity contribution in [3.63, 3.8) is 0 Å². The lowest BCUT2D eigenvalue weighted by atomic mass is 10.1. The SMILES string of the molecule is Clc1ccc(-c2c(-n3cncn3)cnc3ncnn23)cc1. The van der Waals surface area contributed by atoms with Crippen LogP contribution in [0.2, 0.25) is 5.02 Å². The van der Waals surface area contributed by atoms with Crippen LogP contribution >= 0.6 is 11.6 Å². The molecule has 8 heteroatoms. The maximum atomic E-state index is 5.96. The van der Waals surface area contributed by atoms with Crippen molar-refractivity contribution in [2.75, 3.05) is 0 Å². The highest BCUT2D eigenvalue weighted by atomic mass is 35.5. The molecule has 7 nitrogen and oxygen atoms in total. The van der Waals surface area contributed by atoms with Gasteiger partial charge in [-0.2, -0.15) is 19.7 Å². The van der Waals surface area contributed by atoms with Crippen molar-refractivity contribution < 1.29 is 0 Å². The molecule has 0 radical (unpaired) electrons. The third kappa shape index (κ3) is 1.95. The summed E-state index contributed by atoms with van der Waals surface area (Å²) in [5.41, 5.74) is 2.51. The molecule has 0 bridgehead atoms. The molecule has 0 spiro atoms. The monoisotopic (exact) mass is 297 g/mol. The van der Waals surface area contributed by atoms with Gasteiger partial charge in [0.25, 0.3) is 5.78 Å². The zero-order valence-corrected chi connectivity index (χ0v) is 11.4. The van der Waals surface area contributed by atoms with Crippen LogP contribution in [-0.4, -0.2) is 34.3 Å². The van der Waals surface area contributed by atoms with Gasteiger partial charge in [-0.25, -0.2) is 14.6 Å². The van der Waals surface area contributed by atoms with E-state index >= 15 is 0 Å². The number of aromatic nitrogens is 7. The Labute approximate surface area is 123 Å². The summed E-state index contributed by atoms with van der Waals surface area (Å²) < 4.78 is 3.30. The highest BCUT2D eigenvalue weighted by molar-refractivity contribution is 6.30. The summed E-state index contributed by atoms with van der Waals surface area (Å²) in [6.07, 6.45) is 6.24. The smallest absolute Gasteiger partial charge is 0.223 e. The Morgan fingerprint density at radius 1 is 0.952 bits per heavy atom. The molecular formula is C13H8ClN7. The molecule has 0 aliphatic carbocycles. The second-order valence-electron chi connectivity index (χ2n) is 4.31. The fourth-order valence-corrected chi connectivity index (χ4v) is 2.27. The molecule has 1 aromatic carbocycles. The summed E-state index contributed by atoms with van der Waals surface area (Å²) in [6, 6.07) is 7.48. The zero-order chi connectivity index (χ0) is 14.2. The van der Waals surface area contributed by atoms with Crippen LogP contribution in [0.5, 0.6) is 0 Å². The van der Waals surface area contributed by atoms with Gasteiger partial charge in [-0.15, -0.1) is 0 Å². The number of hydrogen-bond donors (Lipinski definition) is 0. The largest absolute Gasteiger partial charge is 0.252 e. The molecule has 3 aromatic heterocycles. The molecule has 0 aliphatic rings. The number of benzene rings is 1. The second kappa shape index (κ2) is 4.64. The molecule has 102 valence electrons. The number of halogens is 1. The van der Waals surface area contributed by atoms with Crippen molar-refractivity contribution in [3.8, 4) is 16.9 Å². The van der Waals surface area contributed by atoms with Crippen LogP contribution in [0.15, 0.2) is 49.4 Å². The van der Waals surface area contributed by atoms with E-state index in [0.29, 0.717) is 10.8 Å². The van der Waals surface area contributed by atoms with Gasteiger partial charge in [0, 0.05) is 10.6 Å². The Kier molecular flexibility index (Phi) is 2.65. The first kappa shape index (κ1) is 12.0. The van der Waals surface area contributed by atoms with Crippen LogP contribution in [-0.2, 0) is 0 Å². The average Bonchev–Trinajstić information content (AvgIpc) is 3.18. The van der Waals surface area contributed by atoms with Crippen LogP contribution in [0, 0.1) is 0 Å². The topological polar surface area (TPSA) is 73.8 Å². The summed E-state index contributed by atoms with van der Waals surface area (Å²) in [7, 11) is 0. The summed E-state index contributed by atoms with van der Waals surface area (Å²) in [5.74, 6) is 0.517. The van der Waals surface area contributed by atoms with Crippen molar-refractivity contribution in [2.45, 2.75) is 0 Å². The molecule has 0 saturated heterocycles. The minimum Gasteiger partial charge on any atom is -0.223 e. The Bertz CT molecular complexity index is 896. The predicted octanol–water partition coefficient (Wildman–Crippen LogP) is 2.03. The van der Waals surface area contributed by atoms with Gasteiger partial charge in [0.15, 0.2) is 0 Å². The fraction of sp³-hybridized carbons (Fsp3) is 0. The first-order chi connectivity index (χ1) is 10.3. The molecule has 0 saturated carbocycles. The molecular weight excluding hydrogens is 290 g/mol. The standard InChI is InChI=1S/C13H8ClN7/c14-10-3-1-9(2-4-10)12-11(20-8-15-6-18-20)5-16-13-17-7-19-21(12)13/h1-8H. The Morgan fingerprint density at radius 2 is 1.81 bits per heavy atom. The van der Waals surface area contributed by atoms with E-state index in [1.807, 2.05) is 24.3 Å². The van der Waals surface area contributed by atoms with Gasteiger partial charge in [0.2, 0.25) is 0 Å². The number of rotatable bonds is 2. The highest BCUT2D eigenvalue weighted by Gasteiger charge is 2.14. The van der Waals surface area contributed by atoms with Gasteiger partial charge >= 0.3 is 0 Å². The number of fused-ring (bicyclic) bond motifs is 1. The van der Waals surface area contributed by atoms with E-state index in [9.17, 15) is 0 Å². The van der Waals surface area contributed by atoms with Crippen molar-refractivity contribution in [2.24, 2.45) is 0 Å². The van der Waals surface area contributed by atoms with Crippen LogP contribution in [0.1, 0.15) is 0 Å². The molecule has 3 heterocycles.